The Bertz CT molecular complexity index is 310. The van der Waals surface area contributed by atoms with E-state index < -0.39 is 6.03 Å². The standard InChI is InChI=1S/C12H24N4O2.ClH/c1-4-14-12(18)15-11(17)8(2)16(3)10(7-13)9-5-6-9;/h8-10H,4-7,13H2,1-3H3,(H2,14,15,17,18);1H. The Balaban J connectivity index is 0.00000324. The van der Waals surface area contributed by atoms with Gasteiger partial charge in [-0.3, -0.25) is 15.0 Å². The maximum atomic E-state index is 11.9. The molecular formula is C12H25ClN4O2. The van der Waals surface area contributed by atoms with E-state index in [1.165, 1.54) is 12.8 Å². The molecule has 6 nitrogen and oxygen atoms in total. The molecule has 1 rings (SSSR count). The fraction of sp³-hybridized carbons (Fsp3) is 0.833. The third-order valence-electron chi connectivity index (χ3n) is 3.50. The first-order valence-electron chi connectivity index (χ1n) is 6.51. The number of nitrogens with zero attached hydrogens (tertiary/aromatic N) is 1. The van der Waals surface area contributed by atoms with Crippen molar-refractivity contribution in [1.82, 2.24) is 15.5 Å². The van der Waals surface area contributed by atoms with Gasteiger partial charge in [0.15, 0.2) is 0 Å². The van der Waals surface area contributed by atoms with Crippen LogP contribution in [0.25, 0.3) is 0 Å². The first-order valence-corrected chi connectivity index (χ1v) is 6.51. The quantitative estimate of drug-likeness (QED) is 0.657. The SMILES string of the molecule is CCNC(=O)NC(=O)C(C)N(C)C(CN)C1CC1.Cl. The van der Waals surface area contributed by atoms with E-state index in [9.17, 15) is 9.59 Å². The van der Waals surface area contributed by atoms with E-state index in [0.717, 1.165) is 0 Å². The maximum absolute atomic E-state index is 11.9. The van der Waals surface area contributed by atoms with E-state index in [2.05, 4.69) is 10.6 Å². The van der Waals surface area contributed by atoms with Gasteiger partial charge in [0.05, 0.1) is 6.04 Å². The van der Waals surface area contributed by atoms with Crippen LogP contribution in [0.15, 0.2) is 0 Å². The maximum Gasteiger partial charge on any atom is 0.321 e. The van der Waals surface area contributed by atoms with E-state index >= 15 is 0 Å². The lowest BCUT2D eigenvalue weighted by molar-refractivity contribution is -0.125. The van der Waals surface area contributed by atoms with Crippen LogP contribution in [0.1, 0.15) is 26.7 Å². The van der Waals surface area contributed by atoms with Crippen LogP contribution in [-0.2, 0) is 4.79 Å². The summed E-state index contributed by atoms with van der Waals surface area (Å²) < 4.78 is 0. The molecule has 1 aliphatic carbocycles. The summed E-state index contributed by atoms with van der Waals surface area (Å²) in [6.45, 7) is 4.63. The second-order valence-electron chi connectivity index (χ2n) is 4.83. The second kappa shape index (κ2) is 8.35. The molecule has 4 N–H and O–H groups in total. The lowest BCUT2D eigenvalue weighted by Gasteiger charge is -2.31. The van der Waals surface area contributed by atoms with Gasteiger partial charge in [-0.05, 0) is 39.7 Å². The van der Waals surface area contributed by atoms with Crippen LogP contribution in [0.4, 0.5) is 4.79 Å². The summed E-state index contributed by atoms with van der Waals surface area (Å²) in [7, 11) is 1.89. The molecular weight excluding hydrogens is 268 g/mol. The Hall–Kier alpha value is -0.850. The van der Waals surface area contributed by atoms with E-state index in [1.54, 1.807) is 13.8 Å². The lowest BCUT2D eigenvalue weighted by Crippen LogP contribution is -2.53. The molecule has 7 heteroatoms. The molecule has 0 aliphatic heterocycles. The molecule has 0 aromatic heterocycles. The number of rotatable bonds is 6. The fourth-order valence-electron chi connectivity index (χ4n) is 2.07. The Morgan fingerprint density at radius 2 is 2.00 bits per heavy atom. The van der Waals surface area contributed by atoms with Gasteiger partial charge in [-0.25, -0.2) is 4.79 Å². The molecule has 0 aromatic rings. The molecule has 1 aliphatic rings. The van der Waals surface area contributed by atoms with Crippen LogP contribution in [0.2, 0.25) is 0 Å². The molecule has 0 aromatic carbocycles. The number of nitrogens with two attached hydrogens (primary N) is 1. The number of hydrogen-bond donors (Lipinski definition) is 3. The smallest absolute Gasteiger partial charge is 0.321 e. The Morgan fingerprint density at radius 1 is 1.42 bits per heavy atom. The largest absolute Gasteiger partial charge is 0.338 e. The molecule has 0 saturated heterocycles. The molecule has 19 heavy (non-hydrogen) atoms. The van der Waals surface area contributed by atoms with Gasteiger partial charge in [-0.2, -0.15) is 0 Å². The van der Waals surface area contributed by atoms with Crippen molar-refractivity contribution < 1.29 is 9.59 Å². The topological polar surface area (TPSA) is 87.5 Å². The van der Waals surface area contributed by atoms with E-state index in [1.807, 2.05) is 11.9 Å². The van der Waals surface area contributed by atoms with Gasteiger partial charge in [0.1, 0.15) is 0 Å². The number of carbonyl (C=O) groups excluding carboxylic acids is 2. The third kappa shape index (κ3) is 5.34. The van der Waals surface area contributed by atoms with Crippen molar-refractivity contribution in [2.45, 2.75) is 38.8 Å². The predicted molar refractivity (Wildman–Crippen MR) is 77.3 cm³/mol. The Kier molecular flexibility index (Phi) is 7.97. The number of hydrogen-bond acceptors (Lipinski definition) is 4. The number of amides is 3. The molecule has 2 atom stereocenters. The molecule has 3 amide bonds. The number of carbonyl (C=O) groups is 2. The van der Waals surface area contributed by atoms with Crippen molar-refractivity contribution in [2.75, 3.05) is 20.1 Å². The summed E-state index contributed by atoms with van der Waals surface area (Å²) in [5.74, 6) is 0.308. The van der Waals surface area contributed by atoms with Crippen LogP contribution >= 0.6 is 12.4 Å². The highest BCUT2D eigenvalue weighted by Gasteiger charge is 2.36. The summed E-state index contributed by atoms with van der Waals surface area (Å²) in [5.41, 5.74) is 5.75. The highest BCUT2D eigenvalue weighted by atomic mass is 35.5. The minimum absolute atomic E-state index is 0. The van der Waals surface area contributed by atoms with Gasteiger partial charge in [-0.15, -0.1) is 12.4 Å². The third-order valence-corrected chi connectivity index (χ3v) is 3.50. The van der Waals surface area contributed by atoms with E-state index in [-0.39, 0.29) is 30.4 Å². The van der Waals surface area contributed by atoms with Crippen molar-refractivity contribution in [1.29, 1.82) is 0 Å². The van der Waals surface area contributed by atoms with Crippen LogP contribution < -0.4 is 16.4 Å². The van der Waals surface area contributed by atoms with Crippen molar-refractivity contribution in [2.24, 2.45) is 11.7 Å². The van der Waals surface area contributed by atoms with Crippen LogP contribution in [0, 0.1) is 5.92 Å². The minimum Gasteiger partial charge on any atom is -0.338 e. The average Bonchev–Trinajstić information content (AvgIpc) is 3.13. The molecule has 1 fully saturated rings. The van der Waals surface area contributed by atoms with E-state index in [4.69, 9.17) is 5.73 Å². The zero-order valence-electron chi connectivity index (χ0n) is 11.8. The van der Waals surface area contributed by atoms with Gasteiger partial charge in [0, 0.05) is 19.1 Å². The van der Waals surface area contributed by atoms with Crippen LogP contribution in [0.5, 0.6) is 0 Å². The highest BCUT2D eigenvalue weighted by molar-refractivity contribution is 5.96. The normalized spacial score (nSPS) is 17.3. The molecule has 0 heterocycles. The van der Waals surface area contributed by atoms with Gasteiger partial charge >= 0.3 is 6.03 Å². The Labute approximate surface area is 120 Å². The summed E-state index contributed by atoms with van der Waals surface area (Å²) >= 11 is 0. The van der Waals surface area contributed by atoms with Crippen molar-refractivity contribution in [3.05, 3.63) is 0 Å². The van der Waals surface area contributed by atoms with Gasteiger partial charge < -0.3 is 11.1 Å². The fourth-order valence-corrected chi connectivity index (χ4v) is 2.07. The molecule has 2 unspecified atom stereocenters. The summed E-state index contributed by atoms with van der Waals surface area (Å²) in [6.07, 6.45) is 2.35. The Morgan fingerprint density at radius 3 is 2.42 bits per heavy atom. The van der Waals surface area contributed by atoms with Gasteiger partial charge in [-0.1, -0.05) is 0 Å². The van der Waals surface area contributed by atoms with Gasteiger partial charge in [0.25, 0.3) is 0 Å². The van der Waals surface area contributed by atoms with Crippen LogP contribution in [0.3, 0.4) is 0 Å². The monoisotopic (exact) mass is 292 g/mol. The molecule has 0 bridgehead atoms. The highest BCUT2D eigenvalue weighted by Crippen LogP contribution is 2.35. The number of imide groups is 1. The summed E-state index contributed by atoms with van der Waals surface area (Å²) in [6, 6.07) is -0.583. The number of halogens is 1. The molecule has 1 saturated carbocycles. The van der Waals surface area contributed by atoms with Crippen molar-refractivity contribution in [3.8, 4) is 0 Å². The minimum atomic E-state index is -0.446. The number of likely N-dealkylation sites (N-methyl/N-ethyl adjacent to an activating group) is 1. The summed E-state index contributed by atoms with van der Waals surface area (Å²) in [4.78, 5) is 25.1. The van der Waals surface area contributed by atoms with E-state index in [0.29, 0.717) is 19.0 Å². The zero-order chi connectivity index (χ0) is 13.7. The molecule has 0 radical (unpaired) electrons. The van der Waals surface area contributed by atoms with Crippen LogP contribution in [-0.4, -0.2) is 49.1 Å². The predicted octanol–water partition coefficient (Wildman–Crippen LogP) is 0.312. The van der Waals surface area contributed by atoms with Crippen molar-refractivity contribution in [3.63, 3.8) is 0 Å². The second-order valence-corrected chi connectivity index (χ2v) is 4.83. The lowest BCUT2D eigenvalue weighted by atomic mass is 10.1. The van der Waals surface area contributed by atoms with Gasteiger partial charge in [0.2, 0.25) is 5.91 Å². The number of nitrogens with one attached hydrogen (secondary N) is 2. The first kappa shape index (κ1) is 18.1. The van der Waals surface area contributed by atoms with Crippen molar-refractivity contribution >= 4 is 24.3 Å². The average molecular weight is 293 g/mol. The summed E-state index contributed by atoms with van der Waals surface area (Å²) in [5, 5.41) is 4.86. The number of urea groups is 1. The molecule has 112 valence electrons. The molecule has 0 spiro atoms. The first-order chi connectivity index (χ1) is 8.51. The zero-order valence-corrected chi connectivity index (χ0v) is 12.6.